The number of anilines is 1. The summed E-state index contributed by atoms with van der Waals surface area (Å²) in [6, 6.07) is 10.3. The second kappa shape index (κ2) is 7.11. The van der Waals surface area contributed by atoms with E-state index in [1.807, 2.05) is 19.1 Å². The molecule has 0 spiro atoms. The van der Waals surface area contributed by atoms with E-state index >= 15 is 0 Å². The number of fused-ring (bicyclic) bond motifs is 1. The minimum Gasteiger partial charge on any atom is -0.326 e. The van der Waals surface area contributed by atoms with E-state index in [0.717, 1.165) is 19.4 Å². The van der Waals surface area contributed by atoms with Crippen LogP contribution in [0.15, 0.2) is 41.3 Å². The molecule has 1 aliphatic heterocycles. The smallest absolute Gasteiger partial charge is 0.241 e. The molecule has 0 aromatic heterocycles. The lowest BCUT2D eigenvalue weighted by molar-refractivity contribution is -0.114. The first-order valence-electron chi connectivity index (χ1n) is 8.43. The number of hydrogen-bond donors (Lipinski definition) is 3. The highest BCUT2D eigenvalue weighted by atomic mass is 32.2. The Hall–Kier alpha value is -1.96. The molecule has 3 N–H and O–H groups in total. The minimum absolute atomic E-state index is 0.0911. The van der Waals surface area contributed by atoms with Crippen LogP contribution in [0.5, 0.6) is 0 Å². The molecule has 2 unspecified atom stereocenters. The van der Waals surface area contributed by atoms with Gasteiger partial charge in [0, 0.05) is 35.5 Å². The number of nitrogens with one attached hydrogen (secondary N) is 3. The number of sulfonamides is 1. The van der Waals surface area contributed by atoms with E-state index in [-0.39, 0.29) is 22.9 Å². The molecule has 1 amide bonds. The monoisotopic (exact) mass is 361 g/mol. The minimum atomic E-state index is -3.67. The Morgan fingerprint density at radius 1 is 1.16 bits per heavy atom. The molecular formula is C18H23N3O3S. The first-order valence-corrected chi connectivity index (χ1v) is 9.92. The summed E-state index contributed by atoms with van der Waals surface area (Å²) in [5, 5.41) is 7.35. The van der Waals surface area contributed by atoms with Gasteiger partial charge in [-0.3, -0.25) is 4.79 Å². The summed E-state index contributed by atoms with van der Waals surface area (Å²) in [5.74, 6) is -0.194. The van der Waals surface area contributed by atoms with Gasteiger partial charge in [0.2, 0.25) is 15.9 Å². The zero-order chi connectivity index (χ0) is 18.0. The normalized spacial score (nSPS) is 21.2. The number of amides is 1. The third-order valence-corrected chi connectivity index (χ3v) is 6.10. The molecule has 2 aromatic carbocycles. The largest absolute Gasteiger partial charge is 0.326 e. The fraction of sp³-hybridized carbons (Fsp3) is 0.389. The summed E-state index contributed by atoms with van der Waals surface area (Å²) in [6.45, 7) is 4.33. The molecule has 0 aliphatic carbocycles. The molecule has 0 bridgehead atoms. The molecule has 1 fully saturated rings. The predicted octanol–water partition coefficient (Wildman–Crippen LogP) is 2.22. The van der Waals surface area contributed by atoms with Crippen LogP contribution in [0.3, 0.4) is 0 Å². The van der Waals surface area contributed by atoms with Gasteiger partial charge in [0.15, 0.2) is 0 Å². The second-order valence-corrected chi connectivity index (χ2v) is 8.13. The standard InChI is InChI=1S/C18H23N3O3S/c1-12-16(8-5-11-19-12)21-25(23,24)18-10-9-17(20-13(2)22)14-6-3-4-7-15(14)18/h3-4,6-7,9-10,12,16,19,21H,5,8,11H2,1-2H3,(H,20,22). The van der Waals surface area contributed by atoms with Crippen LogP contribution in [-0.4, -0.2) is 33.0 Å². The molecule has 25 heavy (non-hydrogen) atoms. The summed E-state index contributed by atoms with van der Waals surface area (Å²) in [7, 11) is -3.67. The lowest BCUT2D eigenvalue weighted by Crippen LogP contribution is -2.51. The Bertz CT molecular complexity index is 896. The van der Waals surface area contributed by atoms with E-state index in [9.17, 15) is 13.2 Å². The highest BCUT2D eigenvalue weighted by Gasteiger charge is 2.27. The topological polar surface area (TPSA) is 87.3 Å². The van der Waals surface area contributed by atoms with Crippen molar-refractivity contribution >= 4 is 32.4 Å². The van der Waals surface area contributed by atoms with Crippen molar-refractivity contribution in [2.45, 2.75) is 43.7 Å². The lowest BCUT2D eigenvalue weighted by atomic mass is 10.0. The van der Waals surface area contributed by atoms with Crippen LogP contribution in [0.25, 0.3) is 10.8 Å². The van der Waals surface area contributed by atoms with Gasteiger partial charge in [0.05, 0.1) is 4.90 Å². The highest BCUT2D eigenvalue weighted by molar-refractivity contribution is 7.89. The maximum Gasteiger partial charge on any atom is 0.241 e. The van der Waals surface area contributed by atoms with Crippen LogP contribution in [0.1, 0.15) is 26.7 Å². The number of benzene rings is 2. The van der Waals surface area contributed by atoms with Crippen molar-refractivity contribution in [1.29, 1.82) is 0 Å². The Morgan fingerprint density at radius 2 is 1.88 bits per heavy atom. The molecule has 134 valence electrons. The van der Waals surface area contributed by atoms with Crippen LogP contribution in [0.4, 0.5) is 5.69 Å². The van der Waals surface area contributed by atoms with Crippen LogP contribution >= 0.6 is 0 Å². The molecule has 1 heterocycles. The number of carbonyl (C=O) groups excluding carboxylic acids is 1. The molecule has 6 nitrogen and oxygen atoms in total. The molecule has 0 radical (unpaired) electrons. The van der Waals surface area contributed by atoms with Crippen molar-refractivity contribution in [3.05, 3.63) is 36.4 Å². The summed E-state index contributed by atoms with van der Waals surface area (Å²) >= 11 is 0. The summed E-state index contributed by atoms with van der Waals surface area (Å²) < 4.78 is 28.8. The summed E-state index contributed by atoms with van der Waals surface area (Å²) in [4.78, 5) is 11.6. The van der Waals surface area contributed by atoms with E-state index in [0.29, 0.717) is 16.5 Å². The Balaban J connectivity index is 2.01. The lowest BCUT2D eigenvalue weighted by Gasteiger charge is -2.30. The van der Waals surface area contributed by atoms with E-state index in [1.165, 1.54) is 6.92 Å². The van der Waals surface area contributed by atoms with Gasteiger partial charge in [-0.25, -0.2) is 13.1 Å². The van der Waals surface area contributed by atoms with Crippen molar-refractivity contribution < 1.29 is 13.2 Å². The Morgan fingerprint density at radius 3 is 2.56 bits per heavy atom. The fourth-order valence-corrected chi connectivity index (χ4v) is 4.83. The zero-order valence-electron chi connectivity index (χ0n) is 14.4. The van der Waals surface area contributed by atoms with Gasteiger partial charge >= 0.3 is 0 Å². The molecule has 0 saturated carbocycles. The Kier molecular flexibility index (Phi) is 5.08. The van der Waals surface area contributed by atoms with Gasteiger partial charge < -0.3 is 10.6 Å². The van der Waals surface area contributed by atoms with E-state index in [2.05, 4.69) is 15.4 Å². The van der Waals surface area contributed by atoms with E-state index < -0.39 is 10.0 Å². The molecule has 7 heteroatoms. The summed E-state index contributed by atoms with van der Waals surface area (Å²) in [5.41, 5.74) is 0.606. The van der Waals surface area contributed by atoms with Gasteiger partial charge in [0.1, 0.15) is 0 Å². The van der Waals surface area contributed by atoms with Crippen LogP contribution in [0, 0.1) is 0 Å². The molecule has 1 aliphatic rings. The van der Waals surface area contributed by atoms with Crippen LogP contribution in [-0.2, 0) is 14.8 Å². The van der Waals surface area contributed by atoms with Gasteiger partial charge in [-0.2, -0.15) is 0 Å². The highest BCUT2D eigenvalue weighted by Crippen LogP contribution is 2.30. The van der Waals surface area contributed by atoms with Crippen LogP contribution < -0.4 is 15.4 Å². The van der Waals surface area contributed by atoms with Gasteiger partial charge in [-0.1, -0.05) is 24.3 Å². The Labute approximate surface area is 148 Å². The third kappa shape index (κ3) is 3.84. The summed E-state index contributed by atoms with van der Waals surface area (Å²) in [6.07, 6.45) is 1.76. The maximum atomic E-state index is 13.0. The van der Waals surface area contributed by atoms with Gasteiger partial charge in [-0.15, -0.1) is 0 Å². The first-order chi connectivity index (χ1) is 11.9. The zero-order valence-corrected chi connectivity index (χ0v) is 15.2. The van der Waals surface area contributed by atoms with Crippen molar-refractivity contribution in [3.8, 4) is 0 Å². The third-order valence-electron chi connectivity index (χ3n) is 4.55. The quantitative estimate of drug-likeness (QED) is 0.779. The van der Waals surface area contributed by atoms with Crippen LogP contribution in [0.2, 0.25) is 0 Å². The molecule has 2 atom stereocenters. The van der Waals surface area contributed by atoms with Crippen molar-refractivity contribution in [1.82, 2.24) is 10.0 Å². The molecule has 1 saturated heterocycles. The molecule has 3 rings (SSSR count). The number of piperidine rings is 1. The van der Waals surface area contributed by atoms with Crippen molar-refractivity contribution in [3.63, 3.8) is 0 Å². The number of hydrogen-bond acceptors (Lipinski definition) is 4. The van der Waals surface area contributed by atoms with Crippen molar-refractivity contribution in [2.24, 2.45) is 0 Å². The van der Waals surface area contributed by atoms with Crippen molar-refractivity contribution in [2.75, 3.05) is 11.9 Å². The van der Waals surface area contributed by atoms with E-state index in [4.69, 9.17) is 0 Å². The average Bonchev–Trinajstić information content (AvgIpc) is 2.56. The van der Waals surface area contributed by atoms with Gasteiger partial charge in [-0.05, 0) is 38.4 Å². The predicted molar refractivity (Wildman–Crippen MR) is 99.1 cm³/mol. The SMILES string of the molecule is CC(=O)Nc1ccc(S(=O)(=O)NC2CCCNC2C)c2ccccc12. The molecule has 2 aromatic rings. The van der Waals surface area contributed by atoms with E-state index in [1.54, 1.807) is 24.3 Å². The van der Waals surface area contributed by atoms with Gasteiger partial charge in [0.25, 0.3) is 0 Å². The maximum absolute atomic E-state index is 13.0. The average molecular weight is 361 g/mol. The first kappa shape index (κ1) is 17.8. The molecular weight excluding hydrogens is 338 g/mol. The number of carbonyl (C=O) groups is 1. The fourth-order valence-electron chi connectivity index (χ4n) is 3.27. The second-order valence-electron chi connectivity index (χ2n) is 6.45. The number of rotatable bonds is 4.